The van der Waals surface area contributed by atoms with E-state index in [-0.39, 0.29) is 5.41 Å². The minimum atomic E-state index is -0.0624. The van der Waals surface area contributed by atoms with E-state index >= 15 is 0 Å². The molecule has 0 aliphatic carbocycles. The number of rotatable bonds is 0. The minimum Gasteiger partial charge on any atom is -0.234 e. The first-order chi connectivity index (χ1) is 7.79. The Morgan fingerprint density at radius 3 is 2.24 bits per heavy atom. The Labute approximate surface area is 116 Å². The van der Waals surface area contributed by atoms with E-state index in [1.807, 2.05) is 12.1 Å². The Bertz CT molecular complexity index is 585. The standard InChI is InChI=1S/C13H12Cl3N/c1-13(2,3)9-5-7-4-8(14)6-10(15)11(7)17-12(9)16/h4-6H,1-3H3. The summed E-state index contributed by atoms with van der Waals surface area (Å²) >= 11 is 18.3. The van der Waals surface area contributed by atoms with E-state index in [0.29, 0.717) is 20.7 Å². The number of fused-ring (bicyclic) bond motifs is 1. The van der Waals surface area contributed by atoms with Gasteiger partial charge >= 0.3 is 0 Å². The van der Waals surface area contributed by atoms with Gasteiger partial charge in [-0.1, -0.05) is 55.6 Å². The Morgan fingerprint density at radius 2 is 1.65 bits per heavy atom. The Morgan fingerprint density at radius 1 is 1.00 bits per heavy atom. The van der Waals surface area contributed by atoms with E-state index in [9.17, 15) is 0 Å². The summed E-state index contributed by atoms with van der Waals surface area (Å²) in [5.74, 6) is 0. The lowest BCUT2D eigenvalue weighted by Gasteiger charge is -2.20. The molecule has 90 valence electrons. The van der Waals surface area contributed by atoms with Crippen molar-refractivity contribution in [2.75, 3.05) is 0 Å². The van der Waals surface area contributed by atoms with Gasteiger partial charge in [0.1, 0.15) is 5.15 Å². The number of hydrogen-bond acceptors (Lipinski definition) is 1. The zero-order valence-electron chi connectivity index (χ0n) is 9.81. The molecule has 0 amide bonds. The molecule has 0 fully saturated rings. The Kier molecular flexibility index (Phi) is 3.28. The quantitative estimate of drug-likeness (QED) is 0.584. The maximum atomic E-state index is 6.20. The van der Waals surface area contributed by atoms with Gasteiger partial charge in [0.25, 0.3) is 0 Å². The third-order valence-electron chi connectivity index (χ3n) is 2.60. The summed E-state index contributed by atoms with van der Waals surface area (Å²) in [5.41, 5.74) is 1.62. The summed E-state index contributed by atoms with van der Waals surface area (Å²) in [5, 5.41) is 2.53. The van der Waals surface area contributed by atoms with Gasteiger partial charge in [-0.25, -0.2) is 4.98 Å². The summed E-state index contributed by atoms with van der Waals surface area (Å²) in [6.45, 7) is 6.27. The molecule has 2 rings (SSSR count). The number of benzene rings is 1. The van der Waals surface area contributed by atoms with Crippen LogP contribution in [-0.2, 0) is 5.41 Å². The van der Waals surface area contributed by atoms with Crippen molar-refractivity contribution in [3.05, 3.63) is 39.0 Å². The predicted molar refractivity (Wildman–Crippen MR) is 75.5 cm³/mol. The van der Waals surface area contributed by atoms with Crippen LogP contribution in [-0.4, -0.2) is 4.98 Å². The number of halogens is 3. The van der Waals surface area contributed by atoms with Crippen LogP contribution in [0.5, 0.6) is 0 Å². The molecule has 0 N–H and O–H groups in total. The van der Waals surface area contributed by atoms with Crippen molar-refractivity contribution < 1.29 is 0 Å². The molecule has 0 aliphatic rings. The molecule has 2 aromatic rings. The molecule has 0 spiro atoms. The maximum Gasteiger partial charge on any atom is 0.133 e. The molecule has 0 atom stereocenters. The van der Waals surface area contributed by atoms with Crippen LogP contribution in [0.1, 0.15) is 26.3 Å². The van der Waals surface area contributed by atoms with Crippen LogP contribution >= 0.6 is 34.8 Å². The van der Waals surface area contributed by atoms with Crippen LogP contribution in [0.3, 0.4) is 0 Å². The van der Waals surface area contributed by atoms with Crippen LogP contribution in [0.2, 0.25) is 15.2 Å². The van der Waals surface area contributed by atoms with Crippen molar-refractivity contribution in [3.8, 4) is 0 Å². The van der Waals surface area contributed by atoms with E-state index in [0.717, 1.165) is 10.9 Å². The van der Waals surface area contributed by atoms with E-state index in [1.54, 1.807) is 6.07 Å². The molecule has 0 bridgehead atoms. The van der Waals surface area contributed by atoms with Gasteiger partial charge in [-0.15, -0.1) is 0 Å². The first-order valence-electron chi connectivity index (χ1n) is 5.25. The second-order valence-electron chi connectivity index (χ2n) is 5.04. The molecule has 1 aromatic carbocycles. The molecule has 0 aliphatic heterocycles. The van der Waals surface area contributed by atoms with E-state index in [4.69, 9.17) is 34.8 Å². The van der Waals surface area contributed by atoms with Crippen molar-refractivity contribution in [2.45, 2.75) is 26.2 Å². The summed E-state index contributed by atoms with van der Waals surface area (Å²) in [6, 6.07) is 5.52. The smallest absolute Gasteiger partial charge is 0.133 e. The number of nitrogens with zero attached hydrogens (tertiary/aromatic N) is 1. The number of hydrogen-bond donors (Lipinski definition) is 0. The Hall–Kier alpha value is -0.500. The second-order valence-corrected chi connectivity index (χ2v) is 6.24. The average molecular weight is 289 g/mol. The van der Waals surface area contributed by atoms with Gasteiger partial charge in [0.15, 0.2) is 0 Å². The molecule has 1 nitrogen and oxygen atoms in total. The third-order valence-corrected chi connectivity index (χ3v) is 3.39. The zero-order chi connectivity index (χ0) is 12.8. The van der Waals surface area contributed by atoms with Gasteiger partial charge in [-0.05, 0) is 29.2 Å². The molecule has 0 radical (unpaired) electrons. The fourth-order valence-corrected chi connectivity index (χ4v) is 2.69. The first kappa shape index (κ1) is 12.9. The number of aromatic nitrogens is 1. The topological polar surface area (TPSA) is 12.9 Å². The highest BCUT2D eigenvalue weighted by atomic mass is 35.5. The largest absolute Gasteiger partial charge is 0.234 e. The minimum absolute atomic E-state index is 0.0624. The first-order valence-corrected chi connectivity index (χ1v) is 6.38. The maximum absolute atomic E-state index is 6.20. The highest BCUT2D eigenvalue weighted by Gasteiger charge is 2.19. The van der Waals surface area contributed by atoms with Crippen LogP contribution in [0.25, 0.3) is 10.9 Å². The lowest BCUT2D eigenvalue weighted by Crippen LogP contribution is -2.12. The van der Waals surface area contributed by atoms with Crippen molar-refractivity contribution >= 4 is 45.7 Å². The highest BCUT2D eigenvalue weighted by Crippen LogP contribution is 2.34. The van der Waals surface area contributed by atoms with Gasteiger partial charge < -0.3 is 0 Å². The van der Waals surface area contributed by atoms with Crippen LogP contribution in [0.15, 0.2) is 18.2 Å². The fourth-order valence-electron chi connectivity index (χ4n) is 1.71. The molecule has 1 aromatic heterocycles. The predicted octanol–water partition coefficient (Wildman–Crippen LogP) is 5.49. The summed E-state index contributed by atoms with van der Waals surface area (Å²) in [7, 11) is 0. The van der Waals surface area contributed by atoms with Crippen LogP contribution < -0.4 is 0 Å². The molecular formula is C13H12Cl3N. The molecular weight excluding hydrogens is 277 g/mol. The summed E-state index contributed by atoms with van der Waals surface area (Å²) in [4.78, 5) is 4.36. The van der Waals surface area contributed by atoms with Crippen molar-refractivity contribution in [1.29, 1.82) is 0 Å². The second kappa shape index (κ2) is 4.31. The third kappa shape index (κ3) is 2.52. The van der Waals surface area contributed by atoms with Crippen LogP contribution in [0.4, 0.5) is 0 Å². The Balaban J connectivity index is 2.81. The lowest BCUT2D eigenvalue weighted by molar-refractivity contribution is 0.589. The number of pyridine rings is 1. The normalized spacial score (nSPS) is 12.1. The zero-order valence-corrected chi connectivity index (χ0v) is 12.1. The fraction of sp³-hybridized carbons (Fsp3) is 0.308. The van der Waals surface area contributed by atoms with E-state index in [2.05, 4.69) is 25.8 Å². The highest BCUT2D eigenvalue weighted by molar-refractivity contribution is 6.38. The average Bonchev–Trinajstić information content (AvgIpc) is 2.16. The van der Waals surface area contributed by atoms with Gasteiger partial charge in [-0.2, -0.15) is 0 Å². The SMILES string of the molecule is CC(C)(C)c1cc2cc(Cl)cc(Cl)c2nc1Cl. The molecule has 4 heteroatoms. The van der Waals surface area contributed by atoms with E-state index < -0.39 is 0 Å². The van der Waals surface area contributed by atoms with Gasteiger partial charge in [0.05, 0.1) is 10.5 Å². The summed E-state index contributed by atoms with van der Waals surface area (Å²) in [6.07, 6.45) is 0. The van der Waals surface area contributed by atoms with Gasteiger partial charge in [0.2, 0.25) is 0 Å². The molecule has 0 saturated heterocycles. The molecule has 0 unspecified atom stereocenters. The van der Waals surface area contributed by atoms with Gasteiger partial charge in [-0.3, -0.25) is 0 Å². The molecule has 1 heterocycles. The van der Waals surface area contributed by atoms with Crippen LogP contribution in [0, 0.1) is 0 Å². The van der Waals surface area contributed by atoms with Crippen molar-refractivity contribution in [2.24, 2.45) is 0 Å². The molecule has 17 heavy (non-hydrogen) atoms. The lowest BCUT2D eigenvalue weighted by atomic mass is 9.87. The monoisotopic (exact) mass is 287 g/mol. The van der Waals surface area contributed by atoms with Crippen molar-refractivity contribution in [1.82, 2.24) is 4.98 Å². The molecule has 0 saturated carbocycles. The van der Waals surface area contributed by atoms with E-state index in [1.165, 1.54) is 0 Å². The summed E-state index contributed by atoms with van der Waals surface area (Å²) < 4.78 is 0. The van der Waals surface area contributed by atoms with Gasteiger partial charge in [0, 0.05) is 10.4 Å². The van der Waals surface area contributed by atoms with Crippen molar-refractivity contribution in [3.63, 3.8) is 0 Å².